The molecule has 0 fully saturated rings. The maximum Gasteiger partial charge on any atom is 0.392 e. The Balaban J connectivity index is 4.23. The highest BCUT2D eigenvalue weighted by atomic mass is 16.7. The number of hydrogen-bond acceptors (Lipinski definition) is 2. The fourth-order valence-electron chi connectivity index (χ4n) is 7.59. The van der Waals surface area contributed by atoms with Gasteiger partial charge in [-0.3, -0.25) is 4.84 Å². The lowest BCUT2D eigenvalue weighted by atomic mass is 10.00. The largest absolute Gasteiger partial charge is 0.392 e. The molecule has 0 aromatic carbocycles. The van der Waals surface area contributed by atoms with Crippen molar-refractivity contribution in [3.63, 3.8) is 0 Å². The first-order valence-electron chi connectivity index (χ1n) is 21.6. The zero-order valence-electron chi connectivity index (χ0n) is 33.5. The Morgan fingerprint density at radius 3 is 0.915 bits per heavy atom. The van der Waals surface area contributed by atoms with Crippen LogP contribution in [0.3, 0.4) is 0 Å². The van der Waals surface area contributed by atoms with Gasteiger partial charge < -0.3 is 0 Å². The van der Waals surface area contributed by atoms with E-state index in [0.29, 0.717) is 22.3 Å². The molecule has 0 spiro atoms. The van der Waals surface area contributed by atoms with E-state index in [1.54, 1.807) is 6.92 Å². The number of rotatable bonds is 37. The second-order valence-corrected chi connectivity index (χ2v) is 15.5. The van der Waals surface area contributed by atoms with Crippen LogP contribution in [0.1, 0.15) is 247 Å². The molecule has 0 saturated heterocycles. The average Bonchev–Trinajstić information content (AvgIpc) is 3.06. The predicted octanol–water partition coefficient (Wildman–Crippen LogP) is 15.2. The van der Waals surface area contributed by atoms with Crippen LogP contribution >= 0.6 is 0 Å². The van der Waals surface area contributed by atoms with Gasteiger partial charge in [0, 0.05) is 18.4 Å². The fourth-order valence-corrected chi connectivity index (χ4v) is 7.59. The number of quaternary nitrogens is 1. The first-order chi connectivity index (χ1) is 22.9. The third-order valence-corrected chi connectivity index (χ3v) is 11.0. The van der Waals surface area contributed by atoms with Crippen molar-refractivity contribution in [1.82, 2.24) is 0 Å². The zero-order chi connectivity index (χ0) is 34.9. The first kappa shape index (κ1) is 46.2. The van der Waals surface area contributed by atoms with E-state index < -0.39 is 0 Å². The minimum atomic E-state index is -0.224. The van der Waals surface area contributed by atoms with Crippen LogP contribution in [0.25, 0.3) is 0 Å². The Morgan fingerprint density at radius 2 is 0.702 bits per heavy atom. The van der Waals surface area contributed by atoms with E-state index in [4.69, 9.17) is 4.84 Å². The van der Waals surface area contributed by atoms with Crippen molar-refractivity contribution in [2.45, 2.75) is 259 Å². The summed E-state index contributed by atoms with van der Waals surface area (Å²) in [4.78, 5) is 19.1. The van der Waals surface area contributed by atoms with Crippen LogP contribution in [-0.2, 0) is 9.63 Å². The zero-order valence-corrected chi connectivity index (χ0v) is 33.5. The van der Waals surface area contributed by atoms with E-state index in [9.17, 15) is 4.79 Å². The van der Waals surface area contributed by atoms with Crippen LogP contribution in [0, 0.1) is 0 Å². The molecule has 2 unspecified atom stereocenters. The van der Waals surface area contributed by atoms with Crippen LogP contribution < -0.4 is 0 Å². The summed E-state index contributed by atoms with van der Waals surface area (Å²) < 4.78 is 0.461. The maximum absolute atomic E-state index is 12.8. The van der Waals surface area contributed by atoms with Crippen molar-refractivity contribution in [2.24, 2.45) is 0 Å². The Labute approximate surface area is 297 Å². The average molecular weight is 663 g/mol. The Morgan fingerprint density at radius 1 is 0.468 bits per heavy atom. The second kappa shape index (κ2) is 33.7. The molecule has 3 nitrogen and oxygen atoms in total. The standard InChI is InChI=1S/C44H88NO2/c1-8-11-13-15-17-19-21-23-25-27-29-31-33-35-37-39-42(6)45(10-3,47-44(46)41(4)5)43(7)40-38-36-34-32-30-28-26-24-22-20-18-16-14-12-9-2/h42-43H,4,8-40H2,1-3,5-7H3/q+1. The van der Waals surface area contributed by atoms with Crippen molar-refractivity contribution in [3.05, 3.63) is 12.2 Å². The quantitative estimate of drug-likeness (QED) is 0.0286. The van der Waals surface area contributed by atoms with Gasteiger partial charge in [-0.1, -0.05) is 200 Å². The van der Waals surface area contributed by atoms with Crippen LogP contribution in [-0.4, -0.2) is 29.2 Å². The first-order valence-corrected chi connectivity index (χ1v) is 21.6. The predicted molar refractivity (Wildman–Crippen MR) is 210 cm³/mol. The second-order valence-electron chi connectivity index (χ2n) is 15.5. The van der Waals surface area contributed by atoms with Crippen molar-refractivity contribution >= 4 is 5.97 Å². The highest BCUT2D eigenvalue weighted by Crippen LogP contribution is 2.29. The van der Waals surface area contributed by atoms with Crippen molar-refractivity contribution in [3.8, 4) is 0 Å². The van der Waals surface area contributed by atoms with Gasteiger partial charge in [0.05, 0.1) is 0 Å². The van der Waals surface area contributed by atoms with Gasteiger partial charge in [0.1, 0.15) is 18.6 Å². The van der Waals surface area contributed by atoms with Crippen LogP contribution in [0.5, 0.6) is 0 Å². The summed E-state index contributed by atoms with van der Waals surface area (Å²) in [5.74, 6) is -0.224. The third-order valence-electron chi connectivity index (χ3n) is 11.0. The number of hydroxylamine groups is 3. The van der Waals surface area contributed by atoms with E-state index in [1.165, 1.54) is 193 Å². The number of hydrogen-bond donors (Lipinski definition) is 0. The van der Waals surface area contributed by atoms with Crippen LogP contribution in [0.15, 0.2) is 12.2 Å². The van der Waals surface area contributed by atoms with E-state index in [-0.39, 0.29) is 5.97 Å². The smallest absolute Gasteiger partial charge is 0.271 e. The summed E-state index contributed by atoms with van der Waals surface area (Å²) in [5.41, 5.74) is 0.513. The van der Waals surface area contributed by atoms with E-state index >= 15 is 0 Å². The monoisotopic (exact) mass is 663 g/mol. The molecule has 0 N–H and O–H groups in total. The summed E-state index contributed by atoms with van der Waals surface area (Å²) >= 11 is 0. The molecule has 280 valence electrons. The number of carbonyl (C=O) groups excluding carboxylic acids is 1. The van der Waals surface area contributed by atoms with Crippen molar-refractivity contribution < 1.29 is 14.3 Å². The number of nitrogens with zero attached hydrogens (tertiary/aromatic N) is 1. The number of unbranched alkanes of at least 4 members (excludes halogenated alkanes) is 28. The molecule has 0 heterocycles. The topological polar surface area (TPSA) is 26.3 Å². The molecule has 2 atom stereocenters. The molecule has 0 rings (SSSR count). The molecule has 0 saturated carbocycles. The lowest BCUT2D eigenvalue weighted by Crippen LogP contribution is -2.60. The molecular weight excluding hydrogens is 574 g/mol. The molecule has 0 aliphatic carbocycles. The van der Waals surface area contributed by atoms with Crippen LogP contribution in [0.2, 0.25) is 0 Å². The van der Waals surface area contributed by atoms with Crippen molar-refractivity contribution in [2.75, 3.05) is 6.54 Å². The molecule has 0 amide bonds. The van der Waals surface area contributed by atoms with Crippen molar-refractivity contribution in [1.29, 1.82) is 0 Å². The van der Waals surface area contributed by atoms with E-state index in [2.05, 4.69) is 41.2 Å². The molecule has 0 aliphatic heterocycles. The van der Waals surface area contributed by atoms with E-state index in [0.717, 1.165) is 19.4 Å². The highest BCUT2D eigenvalue weighted by molar-refractivity contribution is 5.86. The molecular formula is C44H88NO2+. The fraction of sp³-hybridized carbons (Fsp3) is 0.932. The van der Waals surface area contributed by atoms with Gasteiger partial charge >= 0.3 is 5.97 Å². The van der Waals surface area contributed by atoms with Gasteiger partial charge in [-0.2, -0.15) is 0 Å². The van der Waals surface area contributed by atoms with Gasteiger partial charge in [0.2, 0.25) is 0 Å². The lowest BCUT2D eigenvalue weighted by Gasteiger charge is -2.43. The Hall–Kier alpha value is -0.830. The van der Waals surface area contributed by atoms with Gasteiger partial charge in [-0.05, 0) is 40.5 Å². The third kappa shape index (κ3) is 25.8. The van der Waals surface area contributed by atoms with Gasteiger partial charge in [-0.15, -0.1) is 4.65 Å². The van der Waals surface area contributed by atoms with Crippen LogP contribution in [0.4, 0.5) is 0 Å². The minimum absolute atomic E-state index is 0.224. The molecule has 0 aromatic rings. The highest BCUT2D eigenvalue weighted by Gasteiger charge is 2.42. The summed E-state index contributed by atoms with van der Waals surface area (Å²) in [7, 11) is 0. The molecule has 0 aliphatic rings. The molecule has 0 radical (unpaired) electrons. The Bertz CT molecular complexity index is 648. The lowest BCUT2D eigenvalue weighted by molar-refractivity contribution is -1.12. The van der Waals surface area contributed by atoms with E-state index in [1.807, 2.05) is 0 Å². The Kier molecular flexibility index (Phi) is 33.1. The SMILES string of the molecule is C=C(C)C(=O)O[N+](CC)(C(C)CCCCCCCCCCCCCCCCC)C(C)CCCCCCCCCCCCCCCCC. The van der Waals surface area contributed by atoms with Gasteiger partial charge in [0.15, 0.2) is 0 Å². The molecule has 3 heteroatoms. The minimum Gasteiger partial charge on any atom is -0.271 e. The molecule has 0 aromatic heterocycles. The summed E-state index contributed by atoms with van der Waals surface area (Å²) in [6.07, 6.45) is 44.0. The normalized spacial score (nSPS) is 14.2. The molecule has 47 heavy (non-hydrogen) atoms. The maximum atomic E-state index is 12.8. The molecule has 0 bridgehead atoms. The number of carbonyl (C=O) groups is 1. The summed E-state index contributed by atoms with van der Waals surface area (Å²) in [6, 6.07) is 0.633. The summed E-state index contributed by atoms with van der Waals surface area (Å²) in [5, 5.41) is 0. The van der Waals surface area contributed by atoms with Gasteiger partial charge in [0.25, 0.3) is 0 Å². The van der Waals surface area contributed by atoms with Gasteiger partial charge in [-0.25, -0.2) is 4.79 Å². The summed E-state index contributed by atoms with van der Waals surface area (Å²) in [6.45, 7) is 18.0.